The summed E-state index contributed by atoms with van der Waals surface area (Å²) in [4.78, 5) is 8.82. The zero-order chi connectivity index (χ0) is 3.41. The third-order valence-electron chi connectivity index (χ3n) is 0.0364. The van der Waals surface area contributed by atoms with Gasteiger partial charge in [0.2, 0.25) is 0 Å². The van der Waals surface area contributed by atoms with Crippen molar-refractivity contribution < 1.29 is 9.08 Å². The van der Waals surface area contributed by atoms with Crippen molar-refractivity contribution in [2.24, 2.45) is 0 Å². The standard InChI is InChI=1S/CHClO2.Mg.2H/c2-4-1-3;;;/h1H;;;. The Balaban J connectivity index is 0. The lowest BCUT2D eigenvalue weighted by Crippen LogP contribution is -1.57. The van der Waals surface area contributed by atoms with Gasteiger partial charge in [0, 0.05) is 0 Å². The van der Waals surface area contributed by atoms with Crippen molar-refractivity contribution in [2.45, 2.75) is 0 Å². The molecule has 0 aliphatic carbocycles. The molecule has 4 heteroatoms. The van der Waals surface area contributed by atoms with E-state index in [9.17, 15) is 0 Å². The van der Waals surface area contributed by atoms with Gasteiger partial charge in [-0.2, -0.15) is 0 Å². The Morgan fingerprint density at radius 1 is 1.80 bits per heavy atom. The van der Waals surface area contributed by atoms with Gasteiger partial charge in [0.15, 0.2) is 0 Å². The number of rotatable bonds is 1. The first-order chi connectivity index (χ1) is 1.91. The molecular weight excluding hydrogens is 104 g/mol. The maximum Gasteiger partial charge on any atom is 0.316 e. The maximum absolute atomic E-state index is 8.82. The molecule has 0 amide bonds. The maximum atomic E-state index is 8.82. The minimum Gasteiger partial charge on any atom is -0.350 e. The molecule has 0 rings (SSSR count). The SMILES string of the molecule is O=COCl.[MgH2]. The molecule has 0 saturated heterocycles. The third kappa shape index (κ3) is 12.4. The van der Waals surface area contributed by atoms with Gasteiger partial charge >= 0.3 is 29.5 Å². The predicted octanol–water partition coefficient (Wildman–Crippen LogP) is -0.603. The first-order valence-electron chi connectivity index (χ1n) is 0.626. The quantitative estimate of drug-likeness (QED) is 0.330. The summed E-state index contributed by atoms with van der Waals surface area (Å²) in [5.74, 6) is 0. The van der Waals surface area contributed by atoms with Crippen LogP contribution in [0, 0.1) is 0 Å². The van der Waals surface area contributed by atoms with Gasteiger partial charge < -0.3 is 4.29 Å². The van der Waals surface area contributed by atoms with E-state index in [2.05, 4.69) is 16.2 Å². The van der Waals surface area contributed by atoms with Gasteiger partial charge in [0.25, 0.3) is 0 Å². The number of hydrogen-bond acceptors (Lipinski definition) is 2. The van der Waals surface area contributed by atoms with Crippen molar-refractivity contribution in [1.82, 2.24) is 0 Å². The molecule has 0 aromatic carbocycles. The van der Waals surface area contributed by atoms with Crippen LogP contribution >= 0.6 is 11.9 Å². The van der Waals surface area contributed by atoms with E-state index in [0.29, 0.717) is 0 Å². The van der Waals surface area contributed by atoms with Crippen LogP contribution < -0.4 is 0 Å². The Kier molecular flexibility index (Phi) is 16.1. The summed E-state index contributed by atoms with van der Waals surface area (Å²) in [7, 11) is 0. The lowest BCUT2D eigenvalue weighted by molar-refractivity contribution is -0.120. The minimum absolute atomic E-state index is 0. The number of hydrogen-bond donors (Lipinski definition) is 0. The zero-order valence-corrected chi connectivity index (χ0v) is 2.53. The van der Waals surface area contributed by atoms with E-state index in [1.54, 1.807) is 0 Å². The molecule has 0 spiro atoms. The smallest absolute Gasteiger partial charge is 0.316 e. The van der Waals surface area contributed by atoms with Crippen molar-refractivity contribution >= 4 is 41.4 Å². The monoisotopic (exact) mass is 106 g/mol. The predicted molar refractivity (Wildman–Crippen MR) is 21.5 cm³/mol. The van der Waals surface area contributed by atoms with E-state index < -0.39 is 0 Å². The van der Waals surface area contributed by atoms with E-state index in [1.165, 1.54) is 0 Å². The number of carbonyl (C=O) groups excluding carboxylic acids is 1. The zero-order valence-electron chi connectivity index (χ0n) is 1.77. The summed E-state index contributed by atoms with van der Waals surface area (Å²) in [6.45, 7) is 0.140. The van der Waals surface area contributed by atoms with E-state index in [1.807, 2.05) is 0 Å². The topological polar surface area (TPSA) is 26.3 Å². The highest BCUT2D eigenvalue weighted by Crippen LogP contribution is 1.62. The molecular formula is CH3ClMgO2. The molecule has 28 valence electrons. The highest BCUT2D eigenvalue weighted by atomic mass is 35.5. The van der Waals surface area contributed by atoms with Gasteiger partial charge in [-0.1, -0.05) is 0 Å². The van der Waals surface area contributed by atoms with E-state index in [0.717, 1.165) is 0 Å². The highest BCUT2D eigenvalue weighted by molar-refractivity contribution is 6.10. The molecule has 0 bridgehead atoms. The second-order valence-electron chi connectivity index (χ2n) is 0.185. The molecule has 5 heavy (non-hydrogen) atoms. The molecule has 2 nitrogen and oxygen atoms in total. The van der Waals surface area contributed by atoms with Crippen molar-refractivity contribution in [1.29, 1.82) is 0 Å². The van der Waals surface area contributed by atoms with Gasteiger partial charge in [0.05, 0.1) is 0 Å². The fourth-order valence-corrected chi connectivity index (χ4v) is 0. The van der Waals surface area contributed by atoms with Crippen LogP contribution in [0.5, 0.6) is 0 Å². The fourth-order valence-electron chi connectivity index (χ4n) is 0. The molecule has 0 atom stereocenters. The molecule has 0 heterocycles. The molecule has 0 fully saturated rings. The first-order valence-corrected chi connectivity index (χ1v) is 0.934. The molecule has 0 N–H and O–H groups in total. The van der Waals surface area contributed by atoms with E-state index in [4.69, 9.17) is 4.79 Å². The Hall–Kier alpha value is 0.526. The average molecular weight is 107 g/mol. The highest BCUT2D eigenvalue weighted by Gasteiger charge is 1.50. The van der Waals surface area contributed by atoms with Crippen LogP contribution in [0.3, 0.4) is 0 Å². The van der Waals surface area contributed by atoms with Gasteiger partial charge in [-0.15, -0.1) is 0 Å². The van der Waals surface area contributed by atoms with Crippen LogP contribution in [0.1, 0.15) is 0 Å². The molecule has 0 saturated carbocycles. The normalized spacial score (nSPS) is 4.20. The molecule has 0 unspecified atom stereocenters. The summed E-state index contributed by atoms with van der Waals surface area (Å²) in [6, 6.07) is 0. The lowest BCUT2D eigenvalue weighted by Gasteiger charge is -1.59. The molecule has 0 aromatic rings. The molecule has 0 aliphatic heterocycles. The average Bonchev–Trinajstić information content (AvgIpc) is 1.37. The summed E-state index contributed by atoms with van der Waals surface area (Å²) < 4.78 is 3.33. The van der Waals surface area contributed by atoms with Gasteiger partial charge in [-0.05, 0) is 0 Å². The Bertz CT molecular complexity index is 23.6. The number of carbonyl (C=O) groups is 1. The summed E-state index contributed by atoms with van der Waals surface area (Å²) in [5, 5.41) is 0. The van der Waals surface area contributed by atoms with E-state index in [-0.39, 0.29) is 29.5 Å². The van der Waals surface area contributed by atoms with Crippen molar-refractivity contribution in [3.05, 3.63) is 0 Å². The molecule has 0 aromatic heterocycles. The van der Waals surface area contributed by atoms with Crippen LogP contribution in [0.2, 0.25) is 0 Å². The first kappa shape index (κ1) is 9.11. The van der Waals surface area contributed by atoms with Gasteiger partial charge in [0.1, 0.15) is 11.9 Å². The fraction of sp³-hybridized carbons (Fsp3) is 0. The third-order valence-corrected chi connectivity index (χ3v) is 0.109. The summed E-state index contributed by atoms with van der Waals surface area (Å²) >= 11 is 4.32. The van der Waals surface area contributed by atoms with Crippen molar-refractivity contribution in [3.63, 3.8) is 0 Å². The Morgan fingerprint density at radius 2 is 2.00 bits per heavy atom. The second-order valence-corrected chi connectivity index (χ2v) is 0.363. The van der Waals surface area contributed by atoms with Crippen LogP contribution in [0.15, 0.2) is 0 Å². The van der Waals surface area contributed by atoms with Crippen molar-refractivity contribution in [2.75, 3.05) is 0 Å². The largest absolute Gasteiger partial charge is 0.350 e. The molecule has 0 aliphatic rings. The second kappa shape index (κ2) is 8.82. The van der Waals surface area contributed by atoms with Crippen LogP contribution in [-0.4, -0.2) is 29.5 Å². The lowest BCUT2D eigenvalue weighted by atomic mass is 11.7. The van der Waals surface area contributed by atoms with Crippen LogP contribution in [-0.2, 0) is 9.08 Å². The van der Waals surface area contributed by atoms with Gasteiger partial charge in [-0.3, -0.25) is 4.79 Å². The van der Waals surface area contributed by atoms with Gasteiger partial charge in [-0.25, -0.2) is 0 Å². The van der Waals surface area contributed by atoms with Crippen LogP contribution in [0.4, 0.5) is 0 Å². The summed E-state index contributed by atoms with van der Waals surface area (Å²) in [5.41, 5.74) is 0. The van der Waals surface area contributed by atoms with Crippen LogP contribution in [0.25, 0.3) is 0 Å². The summed E-state index contributed by atoms with van der Waals surface area (Å²) in [6.07, 6.45) is 0. The minimum atomic E-state index is 0. The Labute approximate surface area is 50.8 Å². The van der Waals surface area contributed by atoms with E-state index >= 15 is 0 Å². The van der Waals surface area contributed by atoms with Crippen molar-refractivity contribution in [3.8, 4) is 0 Å². The Morgan fingerprint density at radius 3 is 2.00 bits per heavy atom. The number of halogens is 1. The molecule has 0 radical (unpaired) electrons.